The molecule has 0 fully saturated rings. The largest absolute Gasteiger partial charge is 0.507 e. The monoisotopic (exact) mass is 335 g/mol. The van der Waals surface area contributed by atoms with Gasteiger partial charge in [-0.1, -0.05) is 55.4 Å². The van der Waals surface area contributed by atoms with Crippen LogP contribution in [0.4, 0.5) is 0 Å². The molecular weight excluding hydrogens is 302 g/mol. The van der Waals surface area contributed by atoms with E-state index in [0.717, 1.165) is 21.8 Å². The molecule has 4 heteroatoms. The van der Waals surface area contributed by atoms with Gasteiger partial charge in [-0.05, 0) is 46.6 Å². The summed E-state index contributed by atoms with van der Waals surface area (Å²) >= 11 is 0. The number of benzene rings is 1. The Labute approximate surface area is 146 Å². The molecule has 1 atom stereocenters. The van der Waals surface area contributed by atoms with Crippen molar-refractivity contribution in [3.05, 3.63) is 28.8 Å². The number of amides is 1. The fourth-order valence-electron chi connectivity index (χ4n) is 2.64. The van der Waals surface area contributed by atoms with Gasteiger partial charge in [0, 0.05) is 5.92 Å². The van der Waals surface area contributed by atoms with Crippen LogP contribution in [0.5, 0.6) is 5.75 Å². The van der Waals surface area contributed by atoms with E-state index in [-0.39, 0.29) is 22.7 Å². The lowest BCUT2D eigenvalue weighted by Crippen LogP contribution is -2.34. The number of rotatable bonds is 3. The molecule has 0 saturated carbocycles. The number of nitrogens with zero attached hydrogens (tertiary/aromatic N) is 1. The average Bonchev–Trinajstić information content (AvgIpc) is 2.42. The van der Waals surface area contributed by atoms with Crippen LogP contribution in [-0.4, -0.2) is 21.3 Å². The van der Waals surface area contributed by atoms with Crippen LogP contribution >= 0.6 is 0 Å². The van der Waals surface area contributed by atoms with Crippen LogP contribution in [0.15, 0.2) is 12.1 Å². The summed E-state index contributed by atoms with van der Waals surface area (Å²) in [6.45, 7) is 17.6. The van der Waals surface area contributed by atoms with Crippen molar-refractivity contribution in [2.45, 2.75) is 79.2 Å². The second-order valence-electron chi connectivity index (χ2n) is 8.98. The summed E-state index contributed by atoms with van der Waals surface area (Å²) < 4.78 is 0. The Morgan fingerprint density at radius 3 is 1.62 bits per heavy atom. The molecule has 0 aliphatic carbocycles. The van der Waals surface area contributed by atoms with Gasteiger partial charge in [0.15, 0.2) is 0 Å². The molecule has 0 radical (unpaired) electrons. The van der Waals surface area contributed by atoms with Crippen LogP contribution in [0.2, 0.25) is 0 Å². The highest BCUT2D eigenvalue weighted by Crippen LogP contribution is 2.41. The predicted octanol–water partition coefficient (Wildman–Crippen LogP) is 4.92. The minimum Gasteiger partial charge on any atom is -0.507 e. The minimum absolute atomic E-state index is 0.248. The van der Waals surface area contributed by atoms with Crippen LogP contribution in [-0.2, 0) is 15.6 Å². The second kappa shape index (κ2) is 6.75. The van der Waals surface area contributed by atoms with Crippen molar-refractivity contribution in [2.75, 3.05) is 0 Å². The van der Waals surface area contributed by atoms with Crippen molar-refractivity contribution in [3.8, 4) is 5.75 Å². The Morgan fingerprint density at radius 2 is 1.33 bits per heavy atom. The maximum atomic E-state index is 12.1. The minimum atomic E-state index is -0.484. The SMILES string of the molecule is CC(C)C(=O)N(O)C(C)c1cc(C(C)(C)C)c(O)c(C(C)(C)C)c1. The number of phenols is 1. The summed E-state index contributed by atoms with van der Waals surface area (Å²) in [5.41, 5.74) is 1.97. The molecule has 1 aromatic carbocycles. The fraction of sp³-hybridized carbons (Fsp3) is 0.650. The summed E-state index contributed by atoms with van der Waals surface area (Å²) in [6, 6.07) is 3.31. The first-order valence-electron chi connectivity index (χ1n) is 8.57. The van der Waals surface area contributed by atoms with E-state index in [9.17, 15) is 15.1 Å². The first-order valence-corrected chi connectivity index (χ1v) is 8.57. The molecule has 4 nitrogen and oxygen atoms in total. The number of hydrogen-bond acceptors (Lipinski definition) is 3. The summed E-state index contributed by atoms with van der Waals surface area (Å²) in [5, 5.41) is 21.8. The number of carbonyl (C=O) groups is 1. The van der Waals surface area contributed by atoms with Crippen molar-refractivity contribution in [3.63, 3.8) is 0 Å². The third kappa shape index (κ3) is 4.29. The Bertz CT molecular complexity index is 571. The third-order valence-electron chi connectivity index (χ3n) is 4.32. The molecule has 0 aliphatic rings. The molecule has 0 saturated heterocycles. The van der Waals surface area contributed by atoms with Crippen molar-refractivity contribution in [2.24, 2.45) is 5.92 Å². The maximum absolute atomic E-state index is 12.1. The normalized spacial score (nSPS) is 14.0. The molecule has 1 amide bonds. The van der Waals surface area contributed by atoms with E-state index in [1.165, 1.54) is 0 Å². The predicted molar refractivity (Wildman–Crippen MR) is 97.4 cm³/mol. The van der Waals surface area contributed by atoms with E-state index >= 15 is 0 Å². The van der Waals surface area contributed by atoms with Gasteiger partial charge in [-0.25, -0.2) is 5.06 Å². The van der Waals surface area contributed by atoms with E-state index in [1.54, 1.807) is 20.8 Å². The van der Waals surface area contributed by atoms with E-state index in [2.05, 4.69) is 0 Å². The number of hydrogen-bond donors (Lipinski definition) is 2. The zero-order valence-electron chi connectivity index (χ0n) is 16.6. The average molecular weight is 335 g/mol. The van der Waals surface area contributed by atoms with Gasteiger partial charge in [-0.2, -0.15) is 0 Å². The highest BCUT2D eigenvalue weighted by molar-refractivity contribution is 5.77. The molecule has 24 heavy (non-hydrogen) atoms. The Kier molecular flexibility index (Phi) is 5.77. The fourth-order valence-corrected chi connectivity index (χ4v) is 2.64. The molecule has 1 unspecified atom stereocenters. The van der Waals surface area contributed by atoms with Crippen LogP contribution in [0.3, 0.4) is 0 Å². The molecule has 0 heterocycles. The van der Waals surface area contributed by atoms with Crippen molar-refractivity contribution >= 4 is 5.91 Å². The van der Waals surface area contributed by atoms with Crippen LogP contribution in [0.25, 0.3) is 0 Å². The molecule has 1 aromatic rings. The highest BCUT2D eigenvalue weighted by atomic mass is 16.5. The second-order valence-corrected chi connectivity index (χ2v) is 8.98. The highest BCUT2D eigenvalue weighted by Gasteiger charge is 2.29. The quantitative estimate of drug-likeness (QED) is 0.608. The van der Waals surface area contributed by atoms with Crippen molar-refractivity contribution in [1.29, 1.82) is 0 Å². The van der Waals surface area contributed by atoms with Crippen molar-refractivity contribution in [1.82, 2.24) is 5.06 Å². The van der Waals surface area contributed by atoms with Gasteiger partial charge >= 0.3 is 0 Å². The first kappa shape index (κ1) is 20.5. The first-order chi connectivity index (χ1) is 10.7. The Morgan fingerprint density at radius 1 is 0.958 bits per heavy atom. The van der Waals surface area contributed by atoms with Gasteiger partial charge in [-0.15, -0.1) is 0 Å². The molecule has 0 aliphatic heterocycles. The smallest absolute Gasteiger partial charge is 0.249 e. The summed E-state index contributed by atoms with van der Waals surface area (Å²) in [4.78, 5) is 12.1. The Balaban J connectivity index is 3.52. The number of hydroxylamine groups is 2. The van der Waals surface area contributed by atoms with E-state index in [0.29, 0.717) is 5.75 Å². The zero-order valence-corrected chi connectivity index (χ0v) is 16.6. The molecule has 136 valence electrons. The molecule has 0 bridgehead atoms. The van der Waals surface area contributed by atoms with Gasteiger partial charge in [-0.3, -0.25) is 10.0 Å². The summed E-state index contributed by atoms with van der Waals surface area (Å²) in [6.07, 6.45) is 0. The lowest BCUT2D eigenvalue weighted by molar-refractivity contribution is -0.178. The molecular formula is C20H33NO3. The van der Waals surface area contributed by atoms with Crippen LogP contribution in [0.1, 0.15) is 85.0 Å². The van der Waals surface area contributed by atoms with E-state index in [1.807, 2.05) is 53.7 Å². The lowest BCUT2D eigenvalue weighted by atomic mass is 9.78. The van der Waals surface area contributed by atoms with Crippen LogP contribution in [0, 0.1) is 5.92 Å². The summed E-state index contributed by atoms with van der Waals surface area (Å²) in [5.74, 6) is -0.297. The maximum Gasteiger partial charge on any atom is 0.249 e. The van der Waals surface area contributed by atoms with Gasteiger partial charge in [0.2, 0.25) is 5.91 Å². The van der Waals surface area contributed by atoms with E-state index < -0.39 is 6.04 Å². The third-order valence-corrected chi connectivity index (χ3v) is 4.32. The molecule has 0 spiro atoms. The molecule has 1 rings (SSSR count). The zero-order chi connectivity index (χ0) is 19.0. The lowest BCUT2D eigenvalue weighted by Gasteiger charge is -2.31. The van der Waals surface area contributed by atoms with Gasteiger partial charge < -0.3 is 5.11 Å². The molecule has 0 aromatic heterocycles. The van der Waals surface area contributed by atoms with Gasteiger partial charge in [0.25, 0.3) is 0 Å². The van der Waals surface area contributed by atoms with Crippen LogP contribution < -0.4 is 0 Å². The topological polar surface area (TPSA) is 60.8 Å². The van der Waals surface area contributed by atoms with Crippen molar-refractivity contribution < 1.29 is 15.1 Å². The van der Waals surface area contributed by atoms with Gasteiger partial charge in [0.05, 0.1) is 6.04 Å². The summed E-state index contributed by atoms with van der Waals surface area (Å²) in [7, 11) is 0. The number of carbonyl (C=O) groups excluding carboxylic acids is 1. The standard InChI is InChI=1S/C20H33NO3/c1-12(2)18(23)21(24)13(3)14-10-15(19(4,5)6)17(22)16(11-14)20(7,8)9/h10-13,22,24H,1-9H3. The Hall–Kier alpha value is -1.55. The number of phenolic OH excluding ortho intramolecular Hbond substituents is 1. The number of aromatic hydroxyl groups is 1. The molecule has 2 N–H and O–H groups in total. The van der Waals surface area contributed by atoms with Gasteiger partial charge in [0.1, 0.15) is 5.75 Å². The van der Waals surface area contributed by atoms with E-state index in [4.69, 9.17) is 0 Å².